The van der Waals surface area contributed by atoms with Gasteiger partial charge in [0.2, 0.25) is 0 Å². The highest BCUT2D eigenvalue weighted by Crippen LogP contribution is 2.38. The Balaban J connectivity index is 1.38. The number of fused-ring (bicyclic) bond motifs is 1. The van der Waals surface area contributed by atoms with Crippen molar-refractivity contribution in [3.8, 4) is 11.5 Å². The first-order valence-corrected chi connectivity index (χ1v) is 13.8. The second kappa shape index (κ2) is 11.4. The van der Waals surface area contributed by atoms with E-state index in [0.717, 1.165) is 37.4 Å². The van der Waals surface area contributed by atoms with Gasteiger partial charge in [0.25, 0.3) is 11.1 Å². The molecule has 5 nitrogen and oxygen atoms in total. The number of rotatable bonds is 8. The molecule has 4 aromatic rings. The zero-order valence-corrected chi connectivity index (χ0v) is 23.1. The lowest BCUT2D eigenvalue weighted by atomic mass is 10.1. The summed E-state index contributed by atoms with van der Waals surface area (Å²) in [4.78, 5) is 27.3. The summed E-state index contributed by atoms with van der Waals surface area (Å²) in [7, 11) is 0. The number of nitrogens with zero attached hydrogens (tertiary/aromatic N) is 1. The van der Waals surface area contributed by atoms with E-state index >= 15 is 0 Å². The minimum absolute atomic E-state index is 0.255. The third kappa shape index (κ3) is 5.67. The van der Waals surface area contributed by atoms with E-state index in [2.05, 4.69) is 46.9 Å². The number of hydrogen-bond donors (Lipinski definition) is 0. The maximum Gasteiger partial charge on any atom is 0.293 e. The molecule has 0 radical (unpaired) electrons. The predicted molar refractivity (Wildman–Crippen MR) is 157 cm³/mol. The second-order valence-electron chi connectivity index (χ2n) is 8.44. The minimum Gasteiger partial charge on any atom is -0.490 e. The van der Waals surface area contributed by atoms with E-state index in [1.807, 2.05) is 67.6 Å². The van der Waals surface area contributed by atoms with Crippen molar-refractivity contribution < 1.29 is 19.1 Å². The maximum atomic E-state index is 13.0. The van der Waals surface area contributed by atoms with Gasteiger partial charge in [-0.15, -0.1) is 0 Å². The molecule has 4 aromatic carbocycles. The van der Waals surface area contributed by atoms with Gasteiger partial charge in [-0.1, -0.05) is 72.8 Å². The average Bonchev–Trinajstić information content (AvgIpc) is 3.16. The van der Waals surface area contributed by atoms with E-state index in [9.17, 15) is 9.59 Å². The van der Waals surface area contributed by atoms with Crippen molar-refractivity contribution in [2.45, 2.75) is 20.1 Å². The minimum atomic E-state index is -0.289. The zero-order valence-electron chi connectivity index (χ0n) is 20.1. The normalized spacial score (nSPS) is 14.5. The molecular formula is C30H24INO4S. The van der Waals surface area contributed by atoms with Crippen LogP contribution in [0.5, 0.6) is 11.5 Å². The Bertz CT molecular complexity index is 1500. The third-order valence-electron chi connectivity index (χ3n) is 5.94. The van der Waals surface area contributed by atoms with Gasteiger partial charge in [0.15, 0.2) is 11.5 Å². The largest absolute Gasteiger partial charge is 0.490 e. The Hall–Kier alpha value is -3.30. The van der Waals surface area contributed by atoms with E-state index in [1.165, 1.54) is 10.3 Å². The van der Waals surface area contributed by atoms with Gasteiger partial charge in [-0.3, -0.25) is 14.5 Å². The molecule has 1 aliphatic rings. The van der Waals surface area contributed by atoms with Crippen molar-refractivity contribution in [2.75, 3.05) is 6.61 Å². The van der Waals surface area contributed by atoms with Crippen LogP contribution in [0, 0.1) is 3.57 Å². The molecule has 1 fully saturated rings. The lowest BCUT2D eigenvalue weighted by Crippen LogP contribution is -2.27. The van der Waals surface area contributed by atoms with Gasteiger partial charge in [-0.05, 0) is 86.9 Å². The van der Waals surface area contributed by atoms with Crippen molar-refractivity contribution >= 4 is 62.3 Å². The number of amides is 2. The van der Waals surface area contributed by atoms with E-state index < -0.39 is 0 Å². The molecule has 0 atom stereocenters. The molecule has 0 aromatic heterocycles. The van der Waals surface area contributed by atoms with Crippen LogP contribution in [0.4, 0.5) is 4.79 Å². The molecule has 2 amide bonds. The molecule has 1 aliphatic heterocycles. The number of carbonyl (C=O) groups excluding carboxylic acids is 2. The van der Waals surface area contributed by atoms with Gasteiger partial charge in [0, 0.05) is 0 Å². The molecule has 0 bridgehead atoms. The van der Waals surface area contributed by atoms with Crippen molar-refractivity contribution in [1.29, 1.82) is 0 Å². The quantitative estimate of drug-likeness (QED) is 0.149. The van der Waals surface area contributed by atoms with Crippen LogP contribution in [-0.2, 0) is 17.9 Å². The molecule has 186 valence electrons. The van der Waals surface area contributed by atoms with E-state index in [4.69, 9.17) is 9.47 Å². The van der Waals surface area contributed by atoms with Gasteiger partial charge < -0.3 is 9.47 Å². The lowest BCUT2D eigenvalue weighted by Gasteiger charge is -2.16. The van der Waals surface area contributed by atoms with Crippen LogP contribution in [0.15, 0.2) is 89.8 Å². The Labute approximate surface area is 233 Å². The Morgan fingerprint density at radius 2 is 1.68 bits per heavy atom. The van der Waals surface area contributed by atoms with Gasteiger partial charge in [0.1, 0.15) is 6.61 Å². The summed E-state index contributed by atoms with van der Waals surface area (Å²) < 4.78 is 13.1. The van der Waals surface area contributed by atoms with Crippen molar-refractivity contribution in [3.05, 3.63) is 110 Å². The summed E-state index contributed by atoms with van der Waals surface area (Å²) in [6.45, 7) is 3.04. The Morgan fingerprint density at radius 3 is 2.49 bits per heavy atom. The SMILES string of the molecule is CCOc1cc(/C=C2/SC(=O)N(Cc3ccccc3)C2=O)cc(I)c1OCc1cccc2ccccc12. The Kier molecular flexibility index (Phi) is 7.81. The number of imide groups is 1. The fraction of sp³-hybridized carbons (Fsp3) is 0.133. The number of ether oxygens (including phenoxy) is 2. The van der Waals surface area contributed by atoms with Crippen LogP contribution in [0.25, 0.3) is 16.8 Å². The molecule has 37 heavy (non-hydrogen) atoms. The standard InChI is InChI=1S/C30H24INO4S/c1-2-35-26-16-21(17-27-29(33)32(30(34)37-27)18-20-9-4-3-5-10-20)15-25(31)28(26)36-19-23-13-8-12-22-11-6-7-14-24(22)23/h3-17H,2,18-19H2,1H3/b27-17+. The summed E-state index contributed by atoms with van der Waals surface area (Å²) in [5, 5.41) is 2.05. The zero-order chi connectivity index (χ0) is 25.8. The molecule has 0 N–H and O–H groups in total. The highest BCUT2D eigenvalue weighted by Gasteiger charge is 2.35. The monoisotopic (exact) mass is 621 g/mol. The Morgan fingerprint density at radius 1 is 0.919 bits per heavy atom. The second-order valence-corrected chi connectivity index (χ2v) is 10.6. The molecule has 0 spiro atoms. The summed E-state index contributed by atoms with van der Waals surface area (Å²) in [6, 6.07) is 27.7. The summed E-state index contributed by atoms with van der Waals surface area (Å²) in [5.74, 6) is 0.970. The van der Waals surface area contributed by atoms with Crippen molar-refractivity contribution in [2.24, 2.45) is 0 Å². The van der Waals surface area contributed by atoms with Gasteiger partial charge in [0.05, 0.1) is 21.6 Å². The topological polar surface area (TPSA) is 55.8 Å². The molecule has 1 saturated heterocycles. The van der Waals surface area contributed by atoms with Gasteiger partial charge in [-0.25, -0.2) is 0 Å². The number of benzene rings is 4. The summed E-state index contributed by atoms with van der Waals surface area (Å²) in [6.07, 6.45) is 1.75. The maximum absolute atomic E-state index is 13.0. The first-order valence-electron chi connectivity index (χ1n) is 11.9. The number of thioether (sulfide) groups is 1. The predicted octanol–water partition coefficient (Wildman–Crippen LogP) is 7.66. The first-order chi connectivity index (χ1) is 18.0. The van der Waals surface area contributed by atoms with Crippen LogP contribution in [0.1, 0.15) is 23.6 Å². The summed E-state index contributed by atoms with van der Waals surface area (Å²) in [5.41, 5.74) is 2.77. The van der Waals surface area contributed by atoms with Crippen molar-refractivity contribution in [1.82, 2.24) is 4.90 Å². The van der Waals surface area contributed by atoms with Crippen LogP contribution >= 0.6 is 34.4 Å². The van der Waals surface area contributed by atoms with Crippen LogP contribution < -0.4 is 9.47 Å². The first kappa shape index (κ1) is 25.4. The fourth-order valence-electron chi connectivity index (χ4n) is 4.20. The molecule has 1 heterocycles. The van der Waals surface area contributed by atoms with Gasteiger partial charge in [-0.2, -0.15) is 0 Å². The van der Waals surface area contributed by atoms with E-state index in [1.54, 1.807) is 6.08 Å². The van der Waals surface area contributed by atoms with Crippen molar-refractivity contribution in [3.63, 3.8) is 0 Å². The highest BCUT2D eigenvalue weighted by molar-refractivity contribution is 14.1. The lowest BCUT2D eigenvalue weighted by molar-refractivity contribution is -0.123. The fourth-order valence-corrected chi connectivity index (χ4v) is 5.82. The van der Waals surface area contributed by atoms with Crippen LogP contribution in [0.2, 0.25) is 0 Å². The molecule has 0 saturated carbocycles. The molecular weight excluding hydrogens is 597 g/mol. The highest BCUT2D eigenvalue weighted by atomic mass is 127. The molecule has 0 aliphatic carbocycles. The third-order valence-corrected chi connectivity index (χ3v) is 7.65. The smallest absolute Gasteiger partial charge is 0.293 e. The summed E-state index contributed by atoms with van der Waals surface area (Å²) >= 11 is 3.18. The number of halogens is 1. The molecule has 7 heteroatoms. The molecule has 0 unspecified atom stereocenters. The van der Waals surface area contributed by atoms with E-state index in [-0.39, 0.29) is 17.7 Å². The number of hydrogen-bond acceptors (Lipinski definition) is 5. The van der Waals surface area contributed by atoms with Crippen LogP contribution in [-0.4, -0.2) is 22.7 Å². The van der Waals surface area contributed by atoms with Crippen LogP contribution in [0.3, 0.4) is 0 Å². The van der Waals surface area contributed by atoms with E-state index in [0.29, 0.717) is 29.6 Å². The number of carbonyl (C=O) groups is 2. The molecule has 5 rings (SSSR count). The average molecular weight is 621 g/mol. The van der Waals surface area contributed by atoms with Gasteiger partial charge >= 0.3 is 0 Å².